The Balaban J connectivity index is 1.25. The van der Waals surface area contributed by atoms with E-state index in [4.69, 9.17) is 9.47 Å². The van der Waals surface area contributed by atoms with Crippen LogP contribution in [0.4, 0.5) is 0 Å². The monoisotopic (exact) mass is 416 g/mol. The van der Waals surface area contributed by atoms with Gasteiger partial charge in [0.05, 0.1) is 12.7 Å². The number of ether oxygens (including phenoxy) is 2. The Morgan fingerprint density at radius 2 is 1.68 bits per heavy atom. The fourth-order valence-corrected chi connectivity index (χ4v) is 3.76. The highest BCUT2D eigenvalue weighted by Crippen LogP contribution is 2.29. The molecule has 1 amide bonds. The number of nitrogens with zero attached hydrogens (tertiary/aromatic N) is 1. The van der Waals surface area contributed by atoms with E-state index in [1.54, 1.807) is 0 Å². The Bertz CT molecular complexity index is 963. The first-order valence-corrected chi connectivity index (χ1v) is 10.7. The van der Waals surface area contributed by atoms with Gasteiger partial charge in [-0.15, -0.1) is 0 Å². The predicted octanol–water partition coefficient (Wildman–Crippen LogP) is 3.75. The Kier molecular flexibility index (Phi) is 7.32. The van der Waals surface area contributed by atoms with Crippen LogP contribution in [0, 0.1) is 0 Å². The van der Waals surface area contributed by atoms with E-state index in [-0.39, 0.29) is 18.6 Å². The molecule has 0 bridgehead atoms. The van der Waals surface area contributed by atoms with Crippen molar-refractivity contribution in [2.45, 2.75) is 12.6 Å². The van der Waals surface area contributed by atoms with Crippen LogP contribution in [0.25, 0.3) is 11.1 Å². The highest BCUT2D eigenvalue weighted by atomic mass is 16.5. The molecule has 5 heteroatoms. The predicted molar refractivity (Wildman–Crippen MR) is 122 cm³/mol. The molecule has 1 atom stereocenters. The molecule has 1 aliphatic rings. The van der Waals surface area contributed by atoms with Gasteiger partial charge in [0.25, 0.3) is 5.91 Å². The van der Waals surface area contributed by atoms with Crippen LogP contribution in [-0.2, 0) is 16.1 Å². The first-order valence-electron chi connectivity index (χ1n) is 10.7. The highest BCUT2D eigenvalue weighted by molar-refractivity contribution is 5.78. The van der Waals surface area contributed by atoms with Gasteiger partial charge in [0.2, 0.25) is 0 Å². The molecule has 1 fully saturated rings. The molecule has 0 aliphatic carbocycles. The number of rotatable bonds is 8. The maximum absolute atomic E-state index is 12.4. The topological polar surface area (TPSA) is 50.8 Å². The molecule has 0 spiro atoms. The summed E-state index contributed by atoms with van der Waals surface area (Å²) in [5.41, 5.74) is 3.33. The zero-order valence-corrected chi connectivity index (χ0v) is 17.6. The molecule has 31 heavy (non-hydrogen) atoms. The zero-order chi connectivity index (χ0) is 21.3. The first-order chi connectivity index (χ1) is 15.3. The van der Waals surface area contributed by atoms with Gasteiger partial charge in [0.15, 0.2) is 6.61 Å². The van der Waals surface area contributed by atoms with E-state index < -0.39 is 0 Å². The molecular formula is C26H28N2O3. The minimum Gasteiger partial charge on any atom is -0.483 e. The SMILES string of the molecule is O=C(COc1ccccc1-c1ccccc1)NC[C@H]1CN(Cc2ccccc2)CCO1. The number of nitrogens with one attached hydrogen (secondary N) is 1. The second-order valence-corrected chi connectivity index (χ2v) is 7.67. The summed E-state index contributed by atoms with van der Waals surface area (Å²) in [5.74, 6) is 0.554. The average molecular weight is 417 g/mol. The van der Waals surface area contributed by atoms with Gasteiger partial charge in [0, 0.05) is 31.7 Å². The van der Waals surface area contributed by atoms with E-state index >= 15 is 0 Å². The van der Waals surface area contributed by atoms with Gasteiger partial charge >= 0.3 is 0 Å². The molecular weight excluding hydrogens is 388 g/mol. The summed E-state index contributed by atoms with van der Waals surface area (Å²) >= 11 is 0. The summed E-state index contributed by atoms with van der Waals surface area (Å²) in [5, 5.41) is 2.95. The van der Waals surface area contributed by atoms with Crippen LogP contribution >= 0.6 is 0 Å². The van der Waals surface area contributed by atoms with Gasteiger partial charge in [0.1, 0.15) is 5.75 Å². The van der Waals surface area contributed by atoms with Crippen LogP contribution in [0.5, 0.6) is 5.75 Å². The molecule has 0 unspecified atom stereocenters. The number of para-hydroxylation sites is 1. The summed E-state index contributed by atoms with van der Waals surface area (Å²) in [6.45, 7) is 3.73. The van der Waals surface area contributed by atoms with E-state index in [1.165, 1.54) is 5.56 Å². The number of carbonyl (C=O) groups is 1. The lowest BCUT2D eigenvalue weighted by Crippen LogP contribution is -2.47. The van der Waals surface area contributed by atoms with Gasteiger partial charge in [-0.1, -0.05) is 78.9 Å². The molecule has 1 aliphatic heterocycles. The fraction of sp³-hybridized carbons (Fsp3) is 0.269. The summed E-state index contributed by atoms with van der Waals surface area (Å²) < 4.78 is 11.7. The molecule has 1 heterocycles. The average Bonchev–Trinajstić information content (AvgIpc) is 2.83. The van der Waals surface area contributed by atoms with Crippen LogP contribution in [0.1, 0.15) is 5.56 Å². The van der Waals surface area contributed by atoms with Crippen LogP contribution in [-0.4, -0.2) is 49.8 Å². The quantitative estimate of drug-likeness (QED) is 0.608. The van der Waals surface area contributed by atoms with Gasteiger partial charge in [-0.05, 0) is 17.2 Å². The summed E-state index contributed by atoms with van der Waals surface area (Å²) in [6.07, 6.45) is -0.0157. The first kappa shape index (κ1) is 21.1. The standard InChI is InChI=1S/C26H28N2O3/c29-26(20-31-25-14-8-7-13-24(25)22-11-5-2-6-12-22)27-17-23-19-28(15-16-30-23)18-21-9-3-1-4-10-21/h1-14,23H,15-20H2,(H,27,29)/t23-/m0/s1. The number of amides is 1. The van der Waals surface area contributed by atoms with E-state index in [2.05, 4.69) is 34.5 Å². The van der Waals surface area contributed by atoms with Crippen LogP contribution < -0.4 is 10.1 Å². The minimum atomic E-state index is -0.147. The fourth-order valence-electron chi connectivity index (χ4n) is 3.76. The van der Waals surface area contributed by atoms with Crippen LogP contribution in [0.3, 0.4) is 0 Å². The van der Waals surface area contributed by atoms with Crippen molar-refractivity contribution in [3.8, 4) is 16.9 Å². The van der Waals surface area contributed by atoms with Crippen molar-refractivity contribution in [2.24, 2.45) is 0 Å². The molecule has 4 rings (SSSR count). The molecule has 3 aromatic rings. The smallest absolute Gasteiger partial charge is 0.258 e. The third-order valence-corrected chi connectivity index (χ3v) is 5.33. The van der Waals surface area contributed by atoms with Crippen LogP contribution in [0.15, 0.2) is 84.9 Å². The molecule has 160 valence electrons. The molecule has 0 radical (unpaired) electrons. The maximum atomic E-state index is 12.4. The Hall–Kier alpha value is -3.15. The Labute approximate surface area is 183 Å². The summed E-state index contributed by atoms with van der Waals surface area (Å²) in [7, 11) is 0. The third kappa shape index (κ3) is 6.17. The highest BCUT2D eigenvalue weighted by Gasteiger charge is 2.21. The molecule has 1 saturated heterocycles. The normalized spacial score (nSPS) is 16.6. The second kappa shape index (κ2) is 10.8. The Morgan fingerprint density at radius 3 is 2.48 bits per heavy atom. The van der Waals surface area contributed by atoms with Crippen molar-refractivity contribution in [2.75, 3.05) is 32.8 Å². The third-order valence-electron chi connectivity index (χ3n) is 5.33. The van der Waals surface area contributed by atoms with E-state index in [0.29, 0.717) is 18.9 Å². The molecule has 3 aromatic carbocycles. The minimum absolute atomic E-state index is 0.0157. The summed E-state index contributed by atoms with van der Waals surface area (Å²) in [6, 6.07) is 28.2. The molecule has 5 nitrogen and oxygen atoms in total. The van der Waals surface area contributed by atoms with Crippen molar-refractivity contribution in [3.63, 3.8) is 0 Å². The van der Waals surface area contributed by atoms with Crippen molar-refractivity contribution in [1.82, 2.24) is 10.2 Å². The van der Waals surface area contributed by atoms with E-state index in [0.717, 1.165) is 30.8 Å². The van der Waals surface area contributed by atoms with Gasteiger partial charge < -0.3 is 14.8 Å². The lowest BCUT2D eigenvalue weighted by Gasteiger charge is -2.33. The lowest BCUT2D eigenvalue weighted by molar-refractivity contribution is -0.124. The van der Waals surface area contributed by atoms with Crippen molar-refractivity contribution >= 4 is 5.91 Å². The molecule has 0 aromatic heterocycles. The largest absolute Gasteiger partial charge is 0.483 e. The number of morpholine rings is 1. The van der Waals surface area contributed by atoms with Gasteiger partial charge in [-0.25, -0.2) is 0 Å². The van der Waals surface area contributed by atoms with Crippen molar-refractivity contribution < 1.29 is 14.3 Å². The van der Waals surface area contributed by atoms with Gasteiger partial charge in [-0.3, -0.25) is 9.69 Å². The van der Waals surface area contributed by atoms with Gasteiger partial charge in [-0.2, -0.15) is 0 Å². The lowest BCUT2D eigenvalue weighted by atomic mass is 10.1. The zero-order valence-electron chi connectivity index (χ0n) is 17.6. The van der Waals surface area contributed by atoms with Crippen molar-refractivity contribution in [3.05, 3.63) is 90.5 Å². The second-order valence-electron chi connectivity index (χ2n) is 7.67. The van der Waals surface area contributed by atoms with E-state index in [9.17, 15) is 4.79 Å². The molecule has 0 saturated carbocycles. The summed E-state index contributed by atoms with van der Waals surface area (Å²) in [4.78, 5) is 14.7. The number of benzene rings is 3. The van der Waals surface area contributed by atoms with Crippen LogP contribution in [0.2, 0.25) is 0 Å². The number of hydrogen-bond acceptors (Lipinski definition) is 4. The van der Waals surface area contributed by atoms with Crippen molar-refractivity contribution in [1.29, 1.82) is 0 Å². The number of hydrogen-bond donors (Lipinski definition) is 1. The maximum Gasteiger partial charge on any atom is 0.258 e. The van der Waals surface area contributed by atoms with E-state index in [1.807, 2.05) is 60.7 Å². The Morgan fingerprint density at radius 1 is 0.968 bits per heavy atom. The molecule has 1 N–H and O–H groups in total. The number of carbonyl (C=O) groups excluding carboxylic acids is 1.